The Hall–Kier alpha value is -2.11. The molecule has 2 rings (SSSR count). The van der Waals surface area contributed by atoms with Gasteiger partial charge in [-0.3, -0.25) is 10.1 Å². The number of amides is 1. The third-order valence-corrected chi connectivity index (χ3v) is 3.58. The van der Waals surface area contributed by atoms with Crippen LogP contribution in [-0.4, -0.2) is 16.6 Å². The van der Waals surface area contributed by atoms with Gasteiger partial charge in [-0.05, 0) is 57.7 Å². The van der Waals surface area contributed by atoms with Crippen LogP contribution < -0.4 is 5.32 Å². The number of rotatable bonds is 3. The molecule has 114 valence electrons. The number of nitro benzene ring substituents is 1. The lowest BCUT2D eigenvalue weighted by Crippen LogP contribution is -2.52. The number of nitrogens with zero attached hydrogens (tertiary/aromatic N) is 1. The minimum atomic E-state index is -0.551. The van der Waals surface area contributed by atoms with E-state index in [2.05, 4.69) is 5.32 Å². The summed E-state index contributed by atoms with van der Waals surface area (Å²) < 4.78 is 5.29. The van der Waals surface area contributed by atoms with Crippen molar-refractivity contribution in [3.8, 4) is 0 Å². The number of hydrogen-bond donors (Lipinski definition) is 1. The average molecular weight is 292 g/mol. The molecule has 0 spiro atoms. The largest absolute Gasteiger partial charge is 0.444 e. The lowest BCUT2D eigenvalue weighted by atomic mass is 9.72. The SMILES string of the molecule is CC(C)(C)OC(=O)NC1(c2ccc([N+](=O)[O-])cc2)CCC1. The molecule has 0 aliphatic heterocycles. The van der Waals surface area contributed by atoms with Crippen molar-refractivity contribution >= 4 is 11.8 Å². The molecule has 0 aromatic heterocycles. The highest BCUT2D eigenvalue weighted by Gasteiger charge is 2.41. The van der Waals surface area contributed by atoms with Crippen molar-refractivity contribution in [2.24, 2.45) is 0 Å². The quantitative estimate of drug-likeness (QED) is 0.683. The summed E-state index contributed by atoms with van der Waals surface area (Å²) in [6.07, 6.45) is 2.17. The van der Waals surface area contributed by atoms with E-state index in [0.717, 1.165) is 24.8 Å². The molecule has 1 aliphatic rings. The number of benzene rings is 1. The van der Waals surface area contributed by atoms with E-state index in [1.165, 1.54) is 12.1 Å². The van der Waals surface area contributed by atoms with E-state index in [0.29, 0.717) is 0 Å². The summed E-state index contributed by atoms with van der Waals surface area (Å²) >= 11 is 0. The summed E-state index contributed by atoms with van der Waals surface area (Å²) in [5.41, 5.74) is -0.0854. The fourth-order valence-electron chi connectivity index (χ4n) is 2.42. The van der Waals surface area contributed by atoms with Gasteiger partial charge >= 0.3 is 6.09 Å². The van der Waals surface area contributed by atoms with Crippen molar-refractivity contribution < 1.29 is 14.5 Å². The van der Waals surface area contributed by atoms with Gasteiger partial charge in [0.05, 0.1) is 10.5 Å². The van der Waals surface area contributed by atoms with Crippen LogP contribution in [0.4, 0.5) is 10.5 Å². The Morgan fingerprint density at radius 2 is 1.86 bits per heavy atom. The molecule has 0 radical (unpaired) electrons. The molecular weight excluding hydrogens is 272 g/mol. The fourth-order valence-corrected chi connectivity index (χ4v) is 2.42. The maximum atomic E-state index is 12.0. The van der Waals surface area contributed by atoms with Crippen molar-refractivity contribution in [3.63, 3.8) is 0 Å². The number of nitrogens with one attached hydrogen (secondary N) is 1. The summed E-state index contributed by atoms with van der Waals surface area (Å²) in [5.74, 6) is 0. The van der Waals surface area contributed by atoms with Gasteiger partial charge in [0.2, 0.25) is 0 Å². The standard InChI is InChI=1S/C15H20N2O4/c1-14(2,3)21-13(18)16-15(9-4-10-15)11-5-7-12(8-6-11)17(19)20/h5-8H,4,9-10H2,1-3H3,(H,16,18). The first-order chi connectivity index (χ1) is 9.72. The third-order valence-electron chi connectivity index (χ3n) is 3.58. The minimum Gasteiger partial charge on any atom is -0.444 e. The molecule has 1 aromatic rings. The number of hydrogen-bond acceptors (Lipinski definition) is 4. The van der Waals surface area contributed by atoms with Crippen LogP contribution in [0.15, 0.2) is 24.3 Å². The lowest BCUT2D eigenvalue weighted by molar-refractivity contribution is -0.384. The van der Waals surface area contributed by atoms with Gasteiger partial charge in [-0.15, -0.1) is 0 Å². The second-order valence-electron chi connectivity index (χ2n) is 6.37. The molecule has 0 unspecified atom stereocenters. The number of ether oxygens (including phenoxy) is 1. The molecule has 1 aliphatic carbocycles. The number of carbonyl (C=O) groups excluding carboxylic acids is 1. The lowest BCUT2D eigenvalue weighted by Gasteiger charge is -2.43. The number of non-ortho nitro benzene ring substituents is 1. The topological polar surface area (TPSA) is 81.5 Å². The maximum absolute atomic E-state index is 12.0. The van der Waals surface area contributed by atoms with Crippen LogP contribution >= 0.6 is 0 Å². The zero-order valence-electron chi connectivity index (χ0n) is 12.5. The Balaban J connectivity index is 2.14. The van der Waals surface area contributed by atoms with Crippen LogP contribution in [0.25, 0.3) is 0 Å². The van der Waals surface area contributed by atoms with Crippen molar-refractivity contribution in [2.75, 3.05) is 0 Å². The zero-order valence-corrected chi connectivity index (χ0v) is 12.5. The molecular formula is C15H20N2O4. The molecule has 6 heteroatoms. The van der Waals surface area contributed by atoms with Gasteiger partial charge < -0.3 is 10.1 Å². The predicted octanol–water partition coefficient (Wildman–Crippen LogP) is 3.50. The van der Waals surface area contributed by atoms with Gasteiger partial charge in [-0.2, -0.15) is 0 Å². The van der Waals surface area contributed by atoms with Crippen molar-refractivity contribution in [1.82, 2.24) is 5.32 Å². The van der Waals surface area contributed by atoms with E-state index >= 15 is 0 Å². The molecule has 21 heavy (non-hydrogen) atoms. The Morgan fingerprint density at radius 3 is 2.24 bits per heavy atom. The second-order valence-corrected chi connectivity index (χ2v) is 6.37. The van der Waals surface area contributed by atoms with Crippen molar-refractivity contribution in [2.45, 2.75) is 51.2 Å². The smallest absolute Gasteiger partial charge is 0.408 e. The van der Waals surface area contributed by atoms with E-state index in [9.17, 15) is 14.9 Å². The number of nitro groups is 1. The Labute approximate surface area is 123 Å². The second kappa shape index (κ2) is 5.35. The monoisotopic (exact) mass is 292 g/mol. The highest BCUT2D eigenvalue weighted by Crippen LogP contribution is 2.41. The molecule has 1 amide bonds. The molecule has 0 atom stereocenters. The molecule has 1 saturated carbocycles. The summed E-state index contributed by atoms with van der Waals surface area (Å²) in [7, 11) is 0. The summed E-state index contributed by atoms with van der Waals surface area (Å²) in [6.45, 7) is 5.43. The van der Waals surface area contributed by atoms with Gasteiger partial charge in [0.15, 0.2) is 0 Å². The van der Waals surface area contributed by atoms with Crippen LogP contribution in [0.5, 0.6) is 0 Å². The molecule has 1 fully saturated rings. The Morgan fingerprint density at radius 1 is 1.29 bits per heavy atom. The summed E-state index contributed by atoms with van der Waals surface area (Å²) in [4.78, 5) is 22.2. The maximum Gasteiger partial charge on any atom is 0.408 e. The zero-order chi connectivity index (χ0) is 15.7. The van der Waals surface area contributed by atoms with E-state index < -0.39 is 22.2 Å². The van der Waals surface area contributed by atoms with Gasteiger partial charge in [-0.25, -0.2) is 4.79 Å². The number of carbonyl (C=O) groups is 1. The van der Waals surface area contributed by atoms with E-state index in [1.807, 2.05) is 20.8 Å². The van der Waals surface area contributed by atoms with Crippen LogP contribution in [-0.2, 0) is 10.3 Å². The molecule has 1 N–H and O–H groups in total. The fraction of sp³-hybridized carbons (Fsp3) is 0.533. The summed E-state index contributed by atoms with van der Waals surface area (Å²) in [5, 5.41) is 13.6. The molecule has 6 nitrogen and oxygen atoms in total. The Kier molecular flexibility index (Phi) is 3.89. The highest BCUT2D eigenvalue weighted by molar-refractivity contribution is 5.69. The van der Waals surface area contributed by atoms with E-state index in [4.69, 9.17) is 4.74 Å². The highest BCUT2D eigenvalue weighted by atomic mass is 16.6. The molecule has 1 aromatic carbocycles. The normalized spacial score (nSPS) is 16.7. The van der Waals surface area contributed by atoms with Crippen molar-refractivity contribution in [3.05, 3.63) is 39.9 Å². The molecule has 0 bridgehead atoms. The summed E-state index contributed by atoms with van der Waals surface area (Å²) in [6, 6.07) is 6.33. The van der Waals surface area contributed by atoms with Crippen LogP contribution in [0.3, 0.4) is 0 Å². The molecule has 0 saturated heterocycles. The van der Waals surface area contributed by atoms with Gasteiger partial charge in [0, 0.05) is 12.1 Å². The molecule has 0 heterocycles. The van der Waals surface area contributed by atoms with Crippen molar-refractivity contribution in [1.29, 1.82) is 0 Å². The first-order valence-electron chi connectivity index (χ1n) is 6.98. The first-order valence-corrected chi connectivity index (χ1v) is 6.98. The first kappa shape index (κ1) is 15.3. The average Bonchev–Trinajstić information content (AvgIpc) is 2.32. The van der Waals surface area contributed by atoms with Gasteiger partial charge in [0.25, 0.3) is 5.69 Å². The minimum absolute atomic E-state index is 0.0468. The van der Waals surface area contributed by atoms with Crippen LogP contribution in [0.1, 0.15) is 45.6 Å². The Bertz CT molecular complexity index is 542. The third kappa shape index (κ3) is 3.51. The van der Waals surface area contributed by atoms with E-state index in [-0.39, 0.29) is 5.69 Å². The number of alkyl carbamates (subject to hydrolysis) is 1. The van der Waals surface area contributed by atoms with Gasteiger partial charge in [0.1, 0.15) is 5.60 Å². The van der Waals surface area contributed by atoms with Crippen LogP contribution in [0, 0.1) is 10.1 Å². The predicted molar refractivity (Wildman–Crippen MR) is 78.0 cm³/mol. The van der Waals surface area contributed by atoms with Crippen LogP contribution in [0.2, 0.25) is 0 Å². The van der Waals surface area contributed by atoms with Gasteiger partial charge in [-0.1, -0.05) is 0 Å². The van der Waals surface area contributed by atoms with E-state index in [1.54, 1.807) is 12.1 Å².